The van der Waals surface area contributed by atoms with E-state index in [0.29, 0.717) is 45.6 Å². The van der Waals surface area contributed by atoms with E-state index in [2.05, 4.69) is 44.0 Å². The number of carbonyl (C=O) groups is 1. The summed E-state index contributed by atoms with van der Waals surface area (Å²) in [5.74, 6) is 0.107. The second-order valence-electron chi connectivity index (χ2n) is 11.5. The third kappa shape index (κ3) is 5.60. The molecule has 44 heavy (non-hydrogen) atoms. The molecular formula is C32H33F2N7O3. The third-order valence-corrected chi connectivity index (χ3v) is 8.44. The van der Waals surface area contributed by atoms with E-state index >= 15 is 0 Å². The summed E-state index contributed by atoms with van der Waals surface area (Å²) in [4.78, 5) is 39.2. The molecule has 0 aliphatic carbocycles. The zero-order valence-corrected chi connectivity index (χ0v) is 24.7. The van der Waals surface area contributed by atoms with Gasteiger partial charge in [0, 0.05) is 68.9 Å². The number of methoxy groups -OCH3 is 1. The van der Waals surface area contributed by atoms with Crippen LogP contribution in [0.3, 0.4) is 0 Å². The molecule has 2 fully saturated rings. The number of amides is 1. The molecule has 10 nitrogen and oxygen atoms in total. The van der Waals surface area contributed by atoms with Crippen molar-refractivity contribution in [2.24, 2.45) is 18.9 Å². The number of aryl methyl sites for hydroxylation is 1. The molecule has 1 amide bonds. The van der Waals surface area contributed by atoms with Crippen LogP contribution >= 0.6 is 0 Å². The summed E-state index contributed by atoms with van der Waals surface area (Å²) in [7, 11) is 5.28. The first-order valence-corrected chi connectivity index (χ1v) is 14.3. The lowest BCUT2D eigenvalue weighted by Gasteiger charge is -2.26. The van der Waals surface area contributed by atoms with E-state index in [9.17, 15) is 18.4 Å². The molecule has 2 aliphatic rings. The van der Waals surface area contributed by atoms with Gasteiger partial charge in [-0.1, -0.05) is 12.6 Å². The number of nitrogens with zero attached hydrogens (tertiary/aromatic N) is 5. The molecule has 228 valence electrons. The number of fused-ring (bicyclic) bond motifs is 2. The molecule has 2 aromatic carbocycles. The quantitative estimate of drug-likeness (QED) is 0.292. The van der Waals surface area contributed by atoms with Crippen molar-refractivity contribution in [2.75, 3.05) is 55.9 Å². The summed E-state index contributed by atoms with van der Waals surface area (Å²) >= 11 is 0. The molecule has 2 aliphatic heterocycles. The number of pyridine rings is 1. The third-order valence-electron chi connectivity index (χ3n) is 8.44. The smallest absolute Gasteiger partial charge is 0.255 e. The molecular weight excluding hydrogens is 568 g/mol. The average molecular weight is 602 g/mol. The second kappa shape index (κ2) is 11.7. The number of nitrogens with one attached hydrogen (secondary N) is 2. The largest absolute Gasteiger partial charge is 0.494 e. The Morgan fingerprint density at radius 3 is 2.50 bits per heavy atom. The van der Waals surface area contributed by atoms with Crippen LogP contribution < -0.4 is 25.8 Å². The topological polar surface area (TPSA) is 105 Å². The first-order chi connectivity index (χ1) is 21.1. The lowest BCUT2D eigenvalue weighted by Crippen LogP contribution is -2.27. The Kier molecular flexibility index (Phi) is 7.76. The Morgan fingerprint density at radius 1 is 1.07 bits per heavy atom. The van der Waals surface area contributed by atoms with Crippen LogP contribution in [0.25, 0.3) is 11.0 Å². The normalized spacial score (nSPS) is 18.0. The van der Waals surface area contributed by atoms with Gasteiger partial charge in [0.05, 0.1) is 24.2 Å². The highest BCUT2D eigenvalue weighted by Gasteiger charge is 2.39. The fraction of sp³-hybridized carbons (Fsp3) is 0.312. The van der Waals surface area contributed by atoms with E-state index < -0.39 is 11.6 Å². The zero-order valence-electron chi connectivity index (χ0n) is 24.7. The van der Waals surface area contributed by atoms with Crippen LogP contribution in [0, 0.1) is 23.5 Å². The van der Waals surface area contributed by atoms with Crippen molar-refractivity contribution < 1.29 is 18.3 Å². The first kappa shape index (κ1) is 29.2. The summed E-state index contributed by atoms with van der Waals surface area (Å²) in [6, 6.07) is 8.58. The van der Waals surface area contributed by atoms with Crippen molar-refractivity contribution >= 4 is 40.0 Å². The van der Waals surface area contributed by atoms with Gasteiger partial charge in [-0.05, 0) is 48.7 Å². The Balaban J connectivity index is 1.32. The SMILES string of the molecule is C=CC(=O)Nc1cc(Nc2ncc3cc(Cc4ccc(F)cc4F)c(=O)n(C)c3n2)c(OC)cc1N1C[C@H]2CN(C)C[C@H]2C1. The minimum atomic E-state index is -0.716. The highest BCUT2D eigenvalue weighted by Crippen LogP contribution is 2.42. The molecule has 2 aromatic heterocycles. The number of hydrogen-bond donors (Lipinski definition) is 2. The maximum atomic E-state index is 14.3. The Bertz CT molecular complexity index is 1830. The van der Waals surface area contributed by atoms with Crippen LogP contribution in [-0.4, -0.2) is 65.7 Å². The van der Waals surface area contributed by atoms with Gasteiger partial charge in [0.25, 0.3) is 5.56 Å². The van der Waals surface area contributed by atoms with Crippen molar-refractivity contribution in [1.29, 1.82) is 0 Å². The van der Waals surface area contributed by atoms with Gasteiger partial charge in [0.1, 0.15) is 23.0 Å². The zero-order chi connectivity index (χ0) is 31.1. The molecule has 0 bridgehead atoms. The molecule has 2 saturated heterocycles. The average Bonchev–Trinajstić information content (AvgIpc) is 3.55. The highest BCUT2D eigenvalue weighted by atomic mass is 19.1. The second-order valence-corrected chi connectivity index (χ2v) is 11.5. The monoisotopic (exact) mass is 601 g/mol. The van der Waals surface area contributed by atoms with Gasteiger partial charge in [0.2, 0.25) is 11.9 Å². The van der Waals surface area contributed by atoms with Crippen molar-refractivity contribution in [3.05, 3.63) is 88.4 Å². The van der Waals surface area contributed by atoms with Crippen molar-refractivity contribution in [1.82, 2.24) is 19.4 Å². The number of aromatic nitrogens is 3. The lowest BCUT2D eigenvalue weighted by atomic mass is 10.0. The Morgan fingerprint density at radius 2 is 1.82 bits per heavy atom. The van der Waals surface area contributed by atoms with Gasteiger partial charge in [-0.25, -0.2) is 13.8 Å². The van der Waals surface area contributed by atoms with Gasteiger partial charge >= 0.3 is 0 Å². The van der Waals surface area contributed by atoms with Crippen LogP contribution in [0.4, 0.5) is 31.8 Å². The fourth-order valence-corrected chi connectivity index (χ4v) is 6.30. The van der Waals surface area contributed by atoms with Crippen LogP contribution in [-0.2, 0) is 18.3 Å². The maximum absolute atomic E-state index is 14.3. The number of anilines is 4. The first-order valence-electron chi connectivity index (χ1n) is 14.3. The van der Waals surface area contributed by atoms with Crippen LogP contribution in [0.5, 0.6) is 5.75 Å². The number of halogens is 2. The molecule has 6 rings (SSSR count). The molecule has 0 spiro atoms. The molecule has 4 aromatic rings. The summed E-state index contributed by atoms with van der Waals surface area (Å²) in [6.45, 7) is 7.42. The lowest BCUT2D eigenvalue weighted by molar-refractivity contribution is -0.111. The van der Waals surface area contributed by atoms with Crippen molar-refractivity contribution in [3.8, 4) is 5.75 Å². The molecule has 12 heteroatoms. The summed E-state index contributed by atoms with van der Waals surface area (Å²) < 4.78 is 34.7. The molecule has 2 N–H and O–H groups in total. The van der Waals surface area contributed by atoms with E-state index in [4.69, 9.17) is 4.74 Å². The number of likely N-dealkylation sites (tertiary alicyclic amines) is 1. The number of hydrogen-bond acceptors (Lipinski definition) is 8. The summed E-state index contributed by atoms with van der Waals surface area (Å²) in [5, 5.41) is 6.68. The van der Waals surface area contributed by atoms with Crippen LogP contribution in [0.2, 0.25) is 0 Å². The Labute approximate surface area is 253 Å². The predicted octanol–water partition coefficient (Wildman–Crippen LogP) is 4.07. The van der Waals surface area contributed by atoms with Gasteiger partial charge < -0.3 is 25.2 Å². The highest BCUT2D eigenvalue weighted by molar-refractivity contribution is 6.02. The number of rotatable bonds is 8. The van der Waals surface area contributed by atoms with Crippen LogP contribution in [0.1, 0.15) is 11.1 Å². The molecule has 0 radical (unpaired) electrons. The van der Waals surface area contributed by atoms with Gasteiger partial charge in [-0.3, -0.25) is 14.2 Å². The minimum Gasteiger partial charge on any atom is -0.494 e. The molecule has 0 unspecified atom stereocenters. The maximum Gasteiger partial charge on any atom is 0.255 e. The fourth-order valence-electron chi connectivity index (χ4n) is 6.30. The van der Waals surface area contributed by atoms with Crippen LogP contribution in [0.15, 0.2) is 60.0 Å². The number of benzene rings is 2. The van der Waals surface area contributed by atoms with E-state index in [1.165, 1.54) is 16.7 Å². The summed E-state index contributed by atoms with van der Waals surface area (Å²) in [5.41, 5.74) is 2.50. The standard InChI is InChI=1S/C32H33F2N7O3/c1-5-29(42)36-25-11-26(28(44-4)12-27(25)41-16-21-14-39(2)15-22(21)17-41)37-32-35-13-20-9-19(31(43)40(3)30(20)38-32)8-18-6-7-23(33)10-24(18)34/h5-7,9-13,21-22H,1,8,14-17H2,2-4H3,(H,36,42)(H,35,37,38)/t21-,22+. The van der Waals surface area contributed by atoms with E-state index in [1.807, 2.05) is 6.07 Å². The van der Waals surface area contributed by atoms with Gasteiger partial charge in [0.15, 0.2) is 0 Å². The number of ether oxygens (including phenoxy) is 1. The van der Waals surface area contributed by atoms with Crippen molar-refractivity contribution in [3.63, 3.8) is 0 Å². The minimum absolute atomic E-state index is 0.00725. The molecule has 2 atom stereocenters. The van der Waals surface area contributed by atoms with Gasteiger partial charge in [-0.15, -0.1) is 0 Å². The van der Waals surface area contributed by atoms with E-state index in [1.54, 1.807) is 32.5 Å². The molecule has 4 heterocycles. The van der Waals surface area contributed by atoms with E-state index in [0.717, 1.165) is 44.0 Å². The van der Waals surface area contributed by atoms with E-state index in [-0.39, 0.29) is 29.4 Å². The van der Waals surface area contributed by atoms with Crippen molar-refractivity contribution in [2.45, 2.75) is 6.42 Å². The predicted molar refractivity (Wildman–Crippen MR) is 166 cm³/mol. The summed E-state index contributed by atoms with van der Waals surface area (Å²) in [6.07, 6.45) is 2.78. The number of carbonyl (C=O) groups excluding carboxylic acids is 1. The molecule has 0 saturated carbocycles. The van der Waals surface area contributed by atoms with Gasteiger partial charge in [-0.2, -0.15) is 4.98 Å². The Hall–Kier alpha value is -4.84.